The molecule has 0 aromatic rings. The standard InChI is InChI=1S/C28H54O4/c1-7-31-26(29)22-20-18-16-14-12-10-9-11-13-15-17-19-21-25(23(3)4)27(24(5)6)28(30)32-8-2/h23-25,27H,7-22H2,1-6H3. The molecule has 2 unspecified atom stereocenters. The van der Waals surface area contributed by atoms with Crippen molar-refractivity contribution in [3.05, 3.63) is 0 Å². The fraction of sp³-hybridized carbons (Fsp3) is 0.929. The minimum atomic E-state index is -0.0500. The van der Waals surface area contributed by atoms with Crippen molar-refractivity contribution < 1.29 is 19.1 Å². The highest BCUT2D eigenvalue weighted by molar-refractivity contribution is 5.73. The highest BCUT2D eigenvalue weighted by atomic mass is 16.5. The van der Waals surface area contributed by atoms with E-state index in [1.54, 1.807) is 0 Å². The van der Waals surface area contributed by atoms with Gasteiger partial charge in [-0.25, -0.2) is 0 Å². The molecule has 0 bridgehead atoms. The van der Waals surface area contributed by atoms with Crippen molar-refractivity contribution in [1.29, 1.82) is 0 Å². The third kappa shape index (κ3) is 15.7. The van der Waals surface area contributed by atoms with Gasteiger partial charge in [0.05, 0.1) is 19.1 Å². The molecule has 0 aromatic carbocycles. The Bertz CT molecular complexity index is 458. The summed E-state index contributed by atoms with van der Waals surface area (Å²) < 4.78 is 10.3. The fourth-order valence-electron chi connectivity index (χ4n) is 4.76. The zero-order valence-corrected chi connectivity index (χ0v) is 22.3. The first kappa shape index (κ1) is 30.9. The number of ether oxygens (including phenoxy) is 2. The third-order valence-corrected chi connectivity index (χ3v) is 6.57. The summed E-state index contributed by atoms with van der Waals surface area (Å²) in [5, 5.41) is 0. The van der Waals surface area contributed by atoms with Crippen molar-refractivity contribution in [2.45, 2.75) is 131 Å². The van der Waals surface area contributed by atoms with Crippen LogP contribution in [-0.2, 0) is 19.1 Å². The molecule has 4 nitrogen and oxygen atoms in total. The lowest BCUT2D eigenvalue weighted by molar-refractivity contribution is -0.153. The molecule has 0 aliphatic rings. The number of carbonyl (C=O) groups excluding carboxylic acids is 2. The molecular weight excluding hydrogens is 400 g/mol. The molecule has 0 aliphatic carbocycles. The first-order chi connectivity index (χ1) is 15.3. The van der Waals surface area contributed by atoms with Crippen LogP contribution in [0.5, 0.6) is 0 Å². The molecule has 2 atom stereocenters. The Hall–Kier alpha value is -1.06. The molecule has 32 heavy (non-hydrogen) atoms. The quantitative estimate of drug-likeness (QED) is 0.130. The average Bonchev–Trinajstić information content (AvgIpc) is 2.72. The summed E-state index contributed by atoms with van der Waals surface area (Å²) >= 11 is 0. The van der Waals surface area contributed by atoms with Crippen molar-refractivity contribution in [3.63, 3.8) is 0 Å². The van der Waals surface area contributed by atoms with E-state index in [4.69, 9.17) is 9.47 Å². The van der Waals surface area contributed by atoms with Gasteiger partial charge in [0.25, 0.3) is 0 Å². The van der Waals surface area contributed by atoms with Crippen molar-refractivity contribution in [3.8, 4) is 0 Å². The fourth-order valence-corrected chi connectivity index (χ4v) is 4.76. The summed E-state index contributed by atoms with van der Waals surface area (Å²) in [6, 6.07) is 0. The summed E-state index contributed by atoms with van der Waals surface area (Å²) in [6.07, 6.45) is 16.8. The van der Waals surface area contributed by atoms with Crippen LogP contribution in [0.4, 0.5) is 0 Å². The third-order valence-electron chi connectivity index (χ3n) is 6.57. The van der Waals surface area contributed by atoms with Crippen molar-refractivity contribution in [1.82, 2.24) is 0 Å². The van der Waals surface area contributed by atoms with E-state index in [9.17, 15) is 9.59 Å². The molecule has 0 heterocycles. The number of hydrogen-bond donors (Lipinski definition) is 0. The van der Waals surface area contributed by atoms with Crippen LogP contribution in [0.15, 0.2) is 0 Å². The minimum absolute atomic E-state index is 0.000184. The first-order valence-electron chi connectivity index (χ1n) is 13.7. The molecule has 0 saturated heterocycles. The lowest BCUT2D eigenvalue weighted by Gasteiger charge is -2.31. The number of esters is 2. The van der Waals surface area contributed by atoms with E-state index in [1.807, 2.05) is 13.8 Å². The number of carbonyl (C=O) groups is 2. The maximum absolute atomic E-state index is 12.5. The Labute approximate surface area is 199 Å². The van der Waals surface area contributed by atoms with Gasteiger partial charge in [-0.2, -0.15) is 0 Å². The van der Waals surface area contributed by atoms with Gasteiger partial charge in [0, 0.05) is 6.42 Å². The predicted molar refractivity (Wildman–Crippen MR) is 135 cm³/mol. The highest BCUT2D eigenvalue weighted by Gasteiger charge is 2.33. The second kappa shape index (κ2) is 20.5. The predicted octanol–water partition coefficient (Wildman–Crippen LogP) is 8.12. The molecular formula is C28H54O4. The summed E-state index contributed by atoms with van der Waals surface area (Å²) in [5.74, 6) is 1.24. The molecule has 4 heteroatoms. The lowest BCUT2D eigenvalue weighted by atomic mass is 9.74. The number of hydrogen-bond acceptors (Lipinski definition) is 4. The van der Waals surface area contributed by atoms with E-state index < -0.39 is 0 Å². The van der Waals surface area contributed by atoms with E-state index in [2.05, 4.69) is 27.7 Å². The van der Waals surface area contributed by atoms with E-state index in [0.29, 0.717) is 37.4 Å². The Balaban J connectivity index is 3.76. The molecule has 0 amide bonds. The maximum atomic E-state index is 12.5. The van der Waals surface area contributed by atoms with Crippen molar-refractivity contribution in [2.75, 3.05) is 13.2 Å². The zero-order chi connectivity index (χ0) is 24.2. The normalized spacial score (nSPS) is 13.4. The molecule has 0 aromatic heterocycles. The topological polar surface area (TPSA) is 52.6 Å². The van der Waals surface area contributed by atoms with Crippen LogP contribution >= 0.6 is 0 Å². The van der Waals surface area contributed by atoms with E-state index >= 15 is 0 Å². The van der Waals surface area contributed by atoms with E-state index in [-0.39, 0.29) is 17.9 Å². The van der Waals surface area contributed by atoms with Gasteiger partial charge in [0.1, 0.15) is 0 Å². The summed E-state index contributed by atoms with van der Waals surface area (Å²) in [7, 11) is 0. The van der Waals surface area contributed by atoms with Gasteiger partial charge in [-0.1, -0.05) is 98.3 Å². The van der Waals surface area contributed by atoms with Crippen molar-refractivity contribution >= 4 is 11.9 Å². The number of rotatable bonds is 21. The van der Waals surface area contributed by atoms with Gasteiger partial charge in [0.15, 0.2) is 0 Å². The molecule has 0 fully saturated rings. The second-order valence-corrected chi connectivity index (χ2v) is 10.0. The van der Waals surface area contributed by atoms with Crippen LogP contribution < -0.4 is 0 Å². The van der Waals surface area contributed by atoms with Gasteiger partial charge in [-0.05, 0) is 44.4 Å². The van der Waals surface area contributed by atoms with E-state index in [1.165, 1.54) is 64.2 Å². The molecule has 0 saturated carbocycles. The monoisotopic (exact) mass is 454 g/mol. The van der Waals surface area contributed by atoms with Gasteiger partial charge >= 0.3 is 11.9 Å². The molecule has 0 rings (SSSR count). The van der Waals surface area contributed by atoms with E-state index in [0.717, 1.165) is 19.3 Å². The van der Waals surface area contributed by atoms with Gasteiger partial charge in [-0.3, -0.25) is 9.59 Å². The summed E-state index contributed by atoms with van der Waals surface area (Å²) in [4.78, 5) is 23.7. The Kier molecular flexibility index (Phi) is 19.9. The van der Waals surface area contributed by atoms with Crippen LogP contribution in [0.25, 0.3) is 0 Å². The minimum Gasteiger partial charge on any atom is -0.466 e. The highest BCUT2D eigenvalue weighted by Crippen LogP contribution is 2.33. The molecule has 0 spiro atoms. The SMILES string of the molecule is CCOC(=O)CCCCCCCCCCCCCCC(C(C)C)C(C(=O)OCC)C(C)C. The Morgan fingerprint density at radius 2 is 1.03 bits per heavy atom. The first-order valence-corrected chi connectivity index (χ1v) is 13.7. The van der Waals surface area contributed by atoms with Gasteiger partial charge in [-0.15, -0.1) is 0 Å². The second-order valence-electron chi connectivity index (χ2n) is 10.0. The maximum Gasteiger partial charge on any atom is 0.309 e. The van der Waals surface area contributed by atoms with Crippen LogP contribution in [0, 0.1) is 23.7 Å². The van der Waals surface area contributed by atoms with Gasteiger partial charge < -0.3 is 9.47 Å². The largest absolute Gasteiger partial charge is 0.466 e. The molecule has 0 N–H and O–H groups in total. The Morgan fingerprint density at radius 3 is 1.44 bits per heavy atom. The summed E-state index contributed by atoms with van der Waals surface area (Å²) in [5.41, 5.74) is 0. The van der Waals surface area contributed by atoms with Crippen LogP contribution in [-0.4, -0.2) is 25.2 Å². The lowest BCUT2D eigenvalue weighted by Crippen LogP contribution is -2.33. The smallest absolute Gasteiger partial charge is 0.309 e. The van der Waals surface area contributed by atoms with Gasteiger partial charge in [0.2, 0.25) is 0 Å². The van der Waals surface area contributed by atoms with Crippen molar-refractivity contribution in [2.24, 2.45) is 23.7 Å². The summed E-state index contributed by atoms with van der Waals surface area (Å²) in [6.45, 7) is 13.5. The van der Waals surface area contributed by atoms with Crippen LogP contribution in [0.1, 0.15) is 131 Å². The Morgan fingerprint density at radius 1 is 0.594 bits per heavy atom. The molecule has 0 radical (unpaired) electrons. The molecule has 190 valence electrons. The molecule has 0 aliphatic heterocycles. The van der Waals surface area contributed by atoms with Crippen LogP contribution in [0.3, 0.4) is 0 Å². The average molecular weight is 455 g/mol. The zero-order valence-electron chi connectivity index (χ0n) is 22.3. The number of unbranched alkanes of at least 4 members (excludes halogenated alkanes) is 11. The van der Waals surface area contributed by atoms with Crippen LogP contribution in [0.2, 0.25) is 0 Å².